The van der Waals surface area contributed by atoms with Crippen LogP contribution in [0.25, 0.3) is 70.1 Å². The minimum absolute atomic E-state index is 0.416. The van der Waals surface area contributed by atoms with E-state index in [2.05, 4.69) is 84.5 Å². The molecule has 0 aliphatic rings. The number of aromatic nitrogens is 4. The van der Waals surface area contributed by atoms with Gasteiger partial charge in [-0.3, -0.25) is 0 Å². The third-order valence-electron chi connectivity index (χ3n) is 10.4. The lowest BCUT2D eigenvalue weighted by molar-refractivity contribution is 0.262. The van der Waals surface area contributed by atoms with Gasteiger partial charge in [-0.15, -0.1) is 20.4 Å². The number of nitrogens with zero attached hydrogens (tertiary/aromatic N) is 4. The van der Waals surface area contributed by atoms with Crippen LogP contribution in [-0.4, -0.2) is 46.8 Å². The van der Waals surface area contributed by atoms with Crippen LogP contribution in [-0.2, 0) is 0 Å². The molecule has 5 aromatic carbocycles. The van der Waals surface area contributed by atoms with Gasteiger partial charge in [0.2, 0.25) is 23.6 Å². The lowest BCUT2D eigenvalue weighted by atomic mass is 10.1. The molecule has 10 nitrogen and oxygen atoms in total. The van der Waals surface area contributed by atoms with E-state index in [4.69, 9.17) is 27.8 Å². The van der Waals surface area contributed by atoms with Crippen molar-refractivity contribution < 1.29 is 27.8 Å². The number of hydrogen-bond donors (Lipinski definition) is 0. The first-order valence-electron chi connectivity index (χ1n) is 22.7. The van der Waals surface area contributed by atoms with E-state index in [-0.39, 0.29) is 0 Å². The van der Waals surface area contributed by atoms with Gasteiger partial charge in [0.1, 0.15) is 0 Å². The van der Waals surface area contributed by atoms with Gasteiger partial charge in [-0.1, -0.05) is 114 Å². The molecular formula is C54H58N4O6. The fourth-order valence-electron chi connectivity index (χ4n) is 6.55. The summed E-state index contributed by atoms with van der Waals surface area (Å²) in [6.45, 7) is 11.3. The smallest absolute Gasteiger partial charge is 0.248 e. The van der Waals surface area contributed by atoms with Gasteiger partial charge in [0, 0.05) is 22.3 Å². The fraction of sp³-hybridized carbons (Fsp3) is 0.296. The molecule has 0 spiro atoms. The SMILES string of the molecule is CCCCOc1ccc(/C=C/c2ccc(-c3nnc(-c4ccc(-c5nnc(-c6ccc(/C=C/c7ccc(OCCCC)c(OCCCC)c7)cc6)o5)cc4)o3)cc2)cc1OCCCC. The molecule has 0 N–H and O–H groups in total. The first kappa shape index (κ1) is 45.1. The molecule has 0 aliphatic heterocycles. The standard InChI is InChI=1S/C54H58N4O6/c1-5-9-33-59-47-31-21-41(37-49(47)61-35-11-7-3)15-13-39-17-23-43(24-18-39)51-55-57-53(63-51)45-27-29-46(30-28-45)54-58-56-52(64-54)44-25-19-40(20-26-44)14-16-42-22-32-48(60-34-10-6-2)50(38-42)62-36-12-8-4/h13-32,37-38H,5-12,33-36H2,1-4H3/b15-13+,16-14+. The normalized spacial score (nSPS) is 11.4. The predicted octanol–water partition coefficient (Wildman–Crippen LogP) is 14.2. The number of benzene rings is 5. The Labute approximate surface area is 377 Å². The second-order valence-electron chi connectivity index (χ2n) is 15.5. The van der Waals surface area contributed by atoms with Crippen molar-refractivity contribution in [2.24, 2.45) is 0 Å². The average Bonchev–Trinajstić information content (AvgIpc) is 4.04. The van der Waals surface area contributed by atoms with E-state index in [1.807, 2.05) is 97.1 Å². The summed E-state index contributed by atoms with van der Waals surface area (Å²) in [6.07, 6.45) is 16.6. The minimum Gasteiger partial charge on any atom is -0.490 e. The van der Waals surface area contributed by atoms with Crippen LogP contribution in [0.15, 0.2) is 118 Å². The van der Waals surface area contributed by atoms with E-state index in [0.29, 0.717) is 50.0 Å². The monoisotopic (exact) mass is 858 g/mol. The first-order valence-corrected chi connectivity index (χ1v) is 22.7. The molecule has 0 atom stereocenters. The molecular weight excluding hydrogens is 801 g/mol. The number of ether oxygens (including phenoxy) is 4. The van der Waals surface area contributed by atoms with Crippen molar-refractivity contribution in [3.05, 3.63) is 131 Å². The molecule has 0 radical (unpaired) electrons. The quantitative estimate of drug-likeness (QED) is 0.0430. The summed E-state index contributed by atoms with van der Waals surface area (Å²) in [5.74, 6) is 4.86. The first-order chi connectivity index (χ1) is 31.5. The van der Waals surface area contributed by atoms with E-state index in [9.17, 15) is 0 Å². The van der Waals surface area contributed by atoms with Gasteiger partial charge in [0.15, 0.2) is 23.0 Å². The highest BCUT2D eigenvalue weighted by molar-refractivity contribution is 5.74. The zero-order valence-corrected chi connectivity index (χ0v) is 37.4. The summed E-state index contributed by atoms with van der Waals surface area (Å²) in [5, 5.41) is 17.3. The van der Waals surface area contributed by atoms with Gasteiger partial charge < -0.3 is 27.8 Å². The van der Waals surface area contributed by atoms with Gasteiger partial charge in [0.25, 0.3) is 0 Å². The lowest BCUT2D eigenvalue weighted by Gasteiger charge is -2.13. The number of hydrogen-bond acceptors (Lipinski definition) is 10. The molecule has 0 unspecified atom stereocenters. The fourth-order valence-corrected chi connectivity index (χ4v) is 6.55. The van der Waals surface area contributed by atoms with E-state index < -0.39 is 0 Å². The maximum Gasteiger partial charge on any atom is 0.248 e. The zero-order chi connectivity index (χ0) is 44.4. The molecule has 2 aromatic heterocycles. The second-order valence-corrected chi connectivity index (χ2v) is 15.5. The van der Waals surface area contributed by atoms with Crippen molar-refractivity contribution >= 4 is 24.3 Å². The molecule has 0 amide bonds. The molecule has 0 fully saturated rings. The molecule has 0 bridgehead atoms. The highest BCUT2D eigenvalue weighted by atomic mass is 16.5. The van der Waals surface area contributed by atoms with E-state index in [1.54, 1.807) is 0 Å². The molecule has 0 saturated heterocycles. The maximum absolute atomic E-state index is 6.10. The molecule has 7 rings (SSSR count). The molecule has 0 saturated carbocycles. The van der Waals surface area contributed by atoms with Crippen molar-refractivity contribution in [3.8, 4) is 68.8 Å². The topological polar surface area (TPSA) is 115 Å². The van der Waals surface area contributed by atoms with E-state index in [0.717, 1.165) is 119 Å². The van der Waals surface area contributed by atoms with Crippen molar-refractivity contribution in [2.75, 3.05) is 26.4 Å². The Morgan fingerprint density at radius 1 is 0.344 bits per heavy atom. The largest absolute Gasteiger partial charge is 0.490 e. The highest BCUT2D eigenvalue weighted by Crippen LogP contribution is 2.33. The van der Waals surface area contributed by atoms with Crippen LogP contribution >= 0.6 is 0 Å². The van der Waals surface area contributed by atoms with Gasteiger partial charge in [-0.25, -0.2) is 0 Å². The Morgan fingerprint density at radius 3 is 0.922 bits per heavy atom. The Kier molecular flexibility index (Phi) is 16.6. The van der Waals surface area contributed by atoms with Crippen molar-refractivity contribution in [1.82, 2.24) is 20.4 Å². The average molecular weight is 859 g/mol. The predicted molar refractivity (Wildman–Crippen MR) is 256 cm³/mol. The Balaban J connectivity index is 0.944. The van der Waals surface area contributed by atoms with Crippen LogP contribution in [0, 0.1) is 0 Å². The van der Waals surface area contributed by atoms with Gasteiger partial charge >= 0.3 is 0 Å². The highest BCUT2D eigenvalue weighted by Gasteiger charge is 2.15. The van der Waals surface area contributed by atoms with E-state index in [1.165, 1.54) is 0 Å². The summed E-state index contributed by atoms with van der Waals surface area (Å²) in [5.41, 5.74) is 7.37. The van der Waals surface area contributed by atoms with Crippen LogP contribution in [0.4, 0.5) is 0 Å². The minimum atomic E-state index is 0.416. The van der Waals surface area contributed by atoms with Crippen LogP contribution < -0.4 is 18.9 Å². The molecule has 0 aliphatic carbocycles. The third kappa shape index (κ3) is 12.6. The van der Waals surface area contributed by atoms with Crippen molar-refractivity contribution in [2.45, 2.75) is 79.1 Å². The van der Waals surface area contributed by atoms with Crippen molar-refractivity contribution in [1.29, 1.82) is 0 Å². The van der Waals surface area contributed by atoms with Gasteiger partial charge in [-0.05, 0) is 121 Å². The molecule has 7 aromatic rings. The Morgan fingerprint density at radius 2 is 0.609 bits per heavy atom. The van der Waals surface area contributed by atoms with Crippen LogP contribution in [0.1, 0.15) is 101 Å². The summed E-state index contributed by atoms with van der Waals surface area (Å²) >= 11 is 0. The van der Waals surface area contributed by atoms with Gasteiger partial charge in [-0.2, -0.15) is 0 Å². The summed E-state index contributed by atoms with van der Waals surface area (Å²) in [4.78, 5) is 0. The Bertz CT molecular complexity index is 2380. The molecule has 2 heterocycles. The lowest BCUT2D eigenvalue weighted by Crippen LogP contribution is -2.02. The van der Waals surface area contributed by atoms with E-state index >= 15 is 0 Å². The zero-order valence-electron chi connectivity index (χ0n) is 37.4. The molecule has 330 valence electrons. The summed E-state index contributed by atoms with van der Waals surface area (Å²) in [7, 11) is 0. The number of rotatable bonds is 24. The summed E-state index contributed by atoms with van der Waals surface area (Å²) in [6, 6.07) is 35.8. The second kappa shape index (κ2) is 23.5. The molecule has 10 heteroatoms. The number of unbranched alkanes of at least 4 members (excludes halogenated alkanes) is 4. The third-order valence-corrected chi connectivity index (χ3v) is 10.4. The van der Waals surface area contributed by atoms with Crippen LogP contribution in [0.2, 0.25) is 0 Å². The molecule has 64 heavy (non-hydrogen) atoms. The maximum atomic E-state index is 6.10. The van der Waals surface area contributed by atoms with Crippen molar-refractivity contribution in [3.63, 3.8) is 0 Å². The Hall–Kier alpha value is -6.94. The van der Waals surface area contributed by atoms with Crippen LogP contribution in [0.5, 0.6) is 23.0 Å². The van der Waals surface area contributed by atoms with Gasteiger partial charge in [0.05, 0.1) is 26.4 Å². The van der Waals surface area contributed by atoms with Crippen LogP contribution in [0.3, 0.4) is 0 Å². The summed E-state index contributed by atoms with van der Waals surface area (Å²) < 4.78 is 36.4.